The number of hydrogen-bond acceptors (Lipinski definition) is 4. The third-order valence-corrected chi connectivity index (χ3v) is 6.60. The average molecular weight is 430 g/mol. The number of nitrogens with zero attached hydrogens (tertiary/aromatic N) is 2. The fraction of sp³-hybridized carbons (Fsp3) is 0.435. The Labute approximate surface area is 179 Å². The number of nitrogens with one attached hydrogen (secondary N) is 1. The van der Waals surface area contributed by atoms with Gasteiger partial charge in [0, 0.05) is 25.3 Å². The van der Waals surface area contributed by atoms with Gasteiger partial charge < -0.3 is 10.2 Å². The number of benzene rings is 2. The van der Waals surface area contributed by atoms with Crippen LogP contribution in [0.15, 0.2) is 48.5 Å². The lowest BCUT2D eigenvalue weighted by Crippen LogP contribution is -2.40. The molecule has 1 aliphatic rings. The number of hydrogen-bond donors (Lipinski definition) is 1. The van der Waals surface area contributed by atoms with Gasteiger partial charge in [-0.05, 0) is 55.0 Å². The Morgan fingerprint density at radius 1 is 1.03 bits per heavy atom. The van der Waals surface area contributed by atoms with Crippen molar-refractivity contribution < 1.29 is 13.2 Å². The molecule has 1 amide bonds. The van der Waals surface area contributed by atoms with Crippen molar-refractivity contribution in [2.75, 3.05) is 35.1 Å². The molecule has 3 rings (SSSR count). The van der Waals surface area contributed by atoms with Crippen molar-refractivity contribution in [3.05, 3.63) is 59.7 Å². The maximum Gasteiger partial charge on any atom is 0.241 e. The monoisotopic (exact) mass is 429 g/mol. The summed E-state index contributed by atoms with van der Waals surface area (Å²) in [6, 6.07) is 15.5. The number of carbonyl (C=O) groups is 1. The highest BCUT2D eigenvalue weighted by atomic mass is 32.2. The van der Waals surface area contributed by atoms with E-state index >= 15 is 0 Å². The van der Waals surface area contributed by atoms with Crippen molar-refractivity contribution in [3.8, 4) is 0 Å². The standard InChI is InChI=1S/C23H31N3O3S/c1-3-20-9-5-6-10-22(20)26(30(2,28)29)18-23(27)24-17-19-11-13-21(14-12-19)25-15-7-4-8-16-25/h5-6,9-14H,3-4,7-8,15-18H2,1-2H3,(H,24,27). The van der Waals surface area contributed by atoms with Crippen molar-refractivity contribution in [2.45, 2.75) is 39.2 Å². The number of amides is 1. The van der Waals surface area contributed by atoms with Crippen LogP contribution < -0.4 is 14.5 Å². The zero-order valence-electron chi connectivity index (χ0n) is 17.8. The van der Waals surface area contributed by atoms with Crippen molar-refractivity contribution in [1.82, 2.24) is 5.32 Å². The Kier molecular flexibility index (Phi) is 7.37. The predicted molar refractivity (Wildman–Crippen MR) is 122 cm³/mol. The molecule has 0 spiro atoms. The quantitative estimate of drug-likeness (QED) is 0.699. The highest BCUT2D eigenvalue weighted by Crippen LogP contribution is 2.23. The Hall–Kier alpha value is -2.54. The molecule has 1 fully saturated rings. The van der Waals surface area contributed by atoms with Crippen LogP contribution in [0.1, 0.15) is 37.3 Å². The van der Waals surface area contributed by atoms with Gasteiger partial charge in [0.05, 0.1) is 11.9 Å². The van der Waals surface area contributed by atoms with Gasteiger partial charge in [-0.3, -0.25) is 9.10 Å². The number of aryl methyl sites for hydroxylation is 1. The minimum Gasteiger partial charge on any atom is -0.372 e. The van der Waals surface area contributed by atoms with E-state index < -0.39 is 10.0 Å². The first-order chi connectivity index (χ1) is 14.4. The van der Waals surface area contributed by atoms with E-state index in [1.807, 2.05) is 31.2 Å². The second-order valence-corrected chi connectivity index (χ2v) is 9.65. The Morgan fingerprint density at radius 3 is 2.33 bits per heavy atom. The van der Waals surface area contributed by atoms with Crippen LogP contribution >= 0.6 is 0 Å². The van der Waals surface area contributed by atoms with Crippen LogP contribution in [0.3, 0.4) is 0 Å². The summed E-state index contributed by atoms with van der Waals surface area (Å²) in [6.45, 7) is 4.29. The third kappa shape index (κ3) is 5.75. The fourth-order valence-corrected chi connectivity index (χ4v) is 4.69. The molecular formula is C23H31N3O3S. The topological polar surface area (TPSA) is 69.7 Å². The highest BCUT2D eigenvalue weighted by Gasteiger charge is 2.22. The molecule has 1 aliphatic heterocycles. The molecule has 6 nitrogen and oxygen atoms in total. The zero-order chi connectivity index (χ0) is 21.6. The molecule has 1 N–H and O–H groups in total. The molecule has 0 aliphatic carbocycles. The Balaban J connectivity index is 1.62. The highest BCUT2D eigenvalue weighted by molar-refractivity contribution is 7.92. The summed E-state index contributed by atoms with van der Waals surface area (Å²) >= 11 is 0. The van der Waals surface area contributed by atoms with Crippen molar-refractivity contribution >= 4 is 27.3 Å². The predicted octanol–water partition coefficient (Wildman–Crippen LogP) is 3.32. The summed E-state index contributed by atoms with van der Waals surface area (Å²) in [5, 5.41) is 2.85. The van der Waals surface area contributed by atoms with E-state index in [1.165, 1.54) is 29.3 Å². The number of anilines is 2. The second-order valence-electron chi connectivity index (χ2n) is 7.74. The van der Waals surface area contributed by atoms with Gasteiger partial charge in [-0.15, -0.1) is 0 Å². The molecule has 0 atom stereocenters. The largest absolute Gasteiger partial charge is 0.372 e. The molecule has 0 aromatic heterocycles. The van der Waals surface area contributed by atoms with E-state index in [4.69, 9.17) is 0 Å². The van der Waals surface area contributed by atoms with E-state index in [-0.39, 0.29) is 12.5 Å². The number of para-hydroxylation sites is 1. The molecular weight excluding hydrogens is 398 g/mol. The van der Waals surface area contributed by atoms with Gasteiger partial charge >= 0.3 is 0 Å². The smallest absolute Gasteiger partial charge is 0.241 e. The van der Waals surface area contributed by atoms with Gasteiger partial charge in [-0.25, -0.2) is 8.42 Å². The lowest BCUT2D eigenvalue weighted by Gasteiger charge is -2.28. The Morgan fingerprint density at radius 2 is 1.70 bits per heavy atom. The van der Waals surface area contributed by atoms with Gasteiger partial charge in [0.15, 0.2) is 0 Å². The SMILES string of the molecule is CCc1ccccc1N(CC(=O)NCc1ccc(N2CCCCC2)cc1)S(C)(=O)=O. The minimum atomic E-state index is -3.58. The third-order valence-electron chi connectivity index (χ3n) is 5.48. The molecule has 30 heavy (non-hydrogen) atoms. The molecule has 2 aromatic rings. The average Bonchev–Trinajstić information content (AvgIpc) is 2.76. The first kappa shape index (κ1) is 22.2. The Bertz CT molecular complexity index is 952. The van der Waals surface area contributed by atoms with Crippen LogP contribution in [0, 0.1) is 0 Å². The van der Waals surface area contributed by atoms with E-state index in [0.717, 1.165) is 30.5 Å². The maximum absolute atomic E-state index is 12.5. The molecule has 1 saturated heterocycles. The minimum absolute atomic E-state index is 0.234. The number of carbonyl (C=O) groups excluding carboxylic acids is 1. The van der Waals surface area contributed by atoms with Crippen LogP contribution in [0.2, 0.25) is 0 Å². The van der Waals surface area contributed by atoms with Crippen LogP contribution in [0.5, 0.6) is 0 Å². The van der Waals surface area contributed by atoms with E-state index in [1.54, 1.807) is 12.1 Å². The molecule has 0 radical (unpaired) electrons. The normalized spacial score (nSPS) is 14.4. The zero-order valence-corrected chi connectivity index (χ0v) is 18.6. The van der Waals surface area contributed by atoms with Gasteiger partial charge in [0.2, 0.25) is 15.9 Å². The van der Waals surface area contributed by atoms with E-state index in [2.05, 4.69) is 22.3 Å². The molecule has 0 bridgehead atoms. The molecule has 1 heterocycles. The van der Waals surface area contributed by atoms with Crippen LogP contribution in [0.4, 0.5) is 11.4 Å². The molecule has 2 aromatic carbocycles. The first-order valence-corrected chi connectivity index (χ1v) is 12.4. The molecule has 162 valence electrons. The maximum atomic E-state index is 12.5. The van der Waals surface area contributed by atoms with Crippen molar-refractivity contribution in [1.29, 1.82) is 0 Å². The molecule has 0 saturated carbocycles. The number of piperidine rings is 1. The number of sulfonamides is 1. The van der Waals surface area contributed by atoms with E-state index in [9.17, 15) is 13.2 Å². The van der Waals surface area contributed by atoms with Gasteiger partial charge in [-0.2, -0.15) is 0 Å². The fourth-order valence-electron chi connectivity index (χ4n) is 3.80. The summed E-state index contributed by atoms with van der Waals surface area (Å²) < 4.78 is 25.9. The van der Waals surface area contributed by atoms with Crippen molar-refractivity contribution in [3.63, 3.8) is 0 Å². The van der Waals surface area contributed by atoms with Crippen LogP contribution in [-0.2, 0) is 27.8 Å². The molecule has 7 heteroatoms. The second kappa shape index (κ2) is 9.98. The lowest BCUT2D eigenvalue weighted by molar-refractivity contribution is -0.119. The van der Waals surface area contributed by atoms with Crippen molar-refractivity contribution in [2.24, 2.45) is 0 Å². The van der Waals surface area contributed by atoms with Gasteiger partial charge in [0.25, 0.3) is 0 Å². The summed E-state index contributed by atoms with van der Waals surface area (Å²) in [5.74, 6) is -0.327. The summed E-state index contributed by atoms with van der Waals surface area (Å²) in [6.07, 6.45) is 5.58. The van der Waals surface area contributed by atoms with E-state index in [0.29, 0.717) is 18.7 Å². The first-order valence-electron chi connectivity index (χ1n) is 10.5. The lowest BCUT2D eigenvalue weighted by atomic mass is 10.1. The van der Waals surface area contributed by atoms with Gasteiger partial charge in [0.1, 0.15) is 6.54 Å². The summed E-state index contributed by atoms with van der Waals surface area (Å²) in [7, 11) is -3.58. The van der Waals surface area contributed by atoms with Crippen LogP contribution in [-0.4, -0.2) is 40.2 Å². The van der Waals surface area contributed by atoms with Crippen LogP contribution in [0.25, 0.3) is 0 Å². The summed E-state index contributed by atoms with van der Waals surface area (Å²) in [5.41, 5.74) is 3.65. The summed E-state index contributed by atoms with van der Waals surface area (Å²) in [4.78, 5) is 14.9. The van der Waals surface area contributed by atoms with Gasteiger partial charge in [-0.1, -0.05) is 37.3 Å². The molecule has 0 unspecified atom stereocenters. The number of rotatable bonds is 8.